The van der Waals surface area contributed by atoms with Crippen molar-refractivity contribution in [2.24, 2.45) is 5.92 Å². The fourth-order valence-corrected chi connectivity index (χ4v) is 5.09. The molecule has 1 unspecified atom stereocenters. The van der Waals surface area contributed by atoms with Gasteiger partial charge in [-0.3, -0.25) is 9.59 Å². The van der Waals surface area contributed by atoms with E-state index < -0.39 is 0 Å². The van der Waals surface area contributed by atoms with Gasteiger partial charge < -0.3 is 14.7 Å². The number of hydrogen-bond acceptors (Lipinski definition) is 3. The minimum atomic E-state index is -0.138. The summed E-state index contributed by atoms with van der Waals surface area (Å²) in [5.74, 6) is 0.248. The number of anilines is 1. The van der Waals surface area contributed by atoms with Gasteiger partial charge in [-0.05, 0) is 37.5 Å². The molecule has 0 bridgehead atoms. The summed E-state index contributed by atoms with van der Waals surface area (Å²) in [6.07, 6.45) is 7.64. The van der Waals surface area contributed by atoms with Crippen molar-refractivity contribution in [2.45, 2.75) is 57.9 Å². The van der Waals surface area contributed by atoms with Gasteiger partial charge in [0.1, 0.15) is 0 Å². The zero-order valence-corrected chi connectivity index (χ0v) is 17.1. The van der Waals surface area contributed by atoms with Gasteiger partial charge in [0.2, 0.25) is 11.8 Å². The molecule has 1 saturated carbocycles. The van der Waals surface area contributed by atoms with Crippen molar-refractivity contribution in [1.29, 1.82) is 0 Å². The van der Waals surface area contributed by atoms with Crippen LogP contribution in [0.3, 0.4) is 0 Å². The zero-order valence-electron chi connectivity index (χ0n) is 17.1. The van der Waals surface area contributed by atoms with E-state index in [4.69, 9.17) is 0 Å². The smallest absolute Gasteiger partial charge is 0.228 e. The third-order valence-electron chi connectivity index (χ3n) is 6.73. The Kier molecular flexibility index (Phi) is 5.88. The molecule has 1 aromatic carbocycles. The summed E-state index contributed by atoms with van der Waals surface area (Å²) < 4.78 is 0. The molecule has 1 aromatic rings. The van der Waals surface area contributed by atoms with E-state index in [0.717, 1.165) is 39.0 Å². The molecule has 5 nitrogen and oxygen atoms in total. The highest BCUT2D eigenvalue weighted by atomic mass is 16.2. The van der Waals surface area contributed by atoms with Crippen LogP contribution >= 0.6 is 0 Å². The Labute approximate surface area is 168 Å². The molecule has 3 aliphatic rings. The lowest BCUT2D eigenvalue weighted by Crippen LogP contribution is -2.50. The minimum Gasteiger partial charge on any atom is -0.368 e. The highest BCUT2D eigenvalue weighted by Crippen LogP contribution is 2.29. The maximum absolute atomic E-state index is 13.1. The molecule has 0 N–H and O–H groups in total. The van der Waals surface area contributed by atoms with Gasteiger partial charge in [0.05, 0.1) is 5.92 Å². The van der Waals surface area contributed by atoms with Crippen molar-refractivity contribution in [3.05, 3.63) is 29.8 Å². The summed E-state index contributed by atoms with van der Waals surface area (Å²) in [7, 11) is 0. The van der Waals surface area contributed by atoms with Gasteiger partial charge in [-0.1, -0.05) is 37.8 Å². The standard InChI is InChI=1S/C23H33N3O2/c1-18-7-6-10-21(15-18)24-11-13-25(14-12-24)23(28)19-16-22(27)26(17-19)20-8-4-2-3-5-9-20/h6-7,10,15,19-20H,2-5,8-9,11-14,16-17H2,1H3. The minimum absolute atomic E-state index is 0.138. The first-order valence-corrected chi connectivity index (χ1v) is 11.0. The Morgan fingerprint density at radius 3 is 2.39 bits per heavy atom. The highest BCUT2D eigenvalue weighted by molar-refractivity contribution is 5.89. The zero-order chi connectivity index (χ0) is 19.5. The number of hydrogen-bond donors (Lipinski definition) is 0. The molecule has 1 atom stereocenters. The monoisotopic (exact) mass is 383 g/mol. The van der Waals surface area contributed by atoms with E-state index in [2.05, 4.69) is 36.1 Å². The summed E-state index contributed by atoms with van der Waals surface area (Å²) in [4.78, 5) is 32.0. The van der Waals surface area contributed by atoms with Crippen LogP contribution in [0.5, 0.6) is 0 Å². The van der Waals surface area contributed by atoms with Gasteiger partial charge >= 0.3 is 0 Å². The van der Waals surface area contributed by atoms with Crippen molar-refractivity contribution in [2.75, 3.05) is 37.6 Å². The Balaban J connectivity index is 1.32. The molecule has 2 amide bonds. The van der Waals surface area contributed by atoms with E-state index in [1.165, 1.54) is 36.9 Å². The number of amides is 2. The number of likely N-dealkylation sites (tertiary alicyclic amines) is 1. The molecule has 0 radical (unpaired) electrons. The predicted molar refractivity (Wildman–Crippen MR) is 111 cm³/mol. The van der Waals surface area contributed by atoms with Crippen molar-refractivity contribution in [3.63, 3.8) is 0 Å². The number of carbonyl (C=O) groups is 2. The molecular weight excluding hydrogens is 350 g/mol. The normalized spacial score (nSPS) is 24.5. The average Bonchev–Trinajstić information content (AvgIpc) is 2.92. The second-order valence-corrected chi connectivity index (χ2v) is 8.74. The number of benzene rings is 1. The molecule has 4 rings (SSSR count). The van der Waals surface area contributed by atoms with Crippen molar-refractivity contribution in [3.8, 4) is 0 Å². The first kappa shape index (κ1) is 19.3. The summed E-state index contributed by atoms with van der Waals surface area (Å²) in [6, 6.07) is 8.92. The van der Waals surface area contributed by atoms with Gasteiger partial charge in [-0.2, -0.15) is 0 Å². The summed E-state index contributed by atoms with van der Waals surface area (Å²) in [5.41, 5.74) is 2.50. The van der Waals surface area contributed by atoms with Crippen LogP contribution < -0.4 is 4.90 Å². The molecule has 0 spiro atoms. The Morgan fingerprint density at radius 2 is 1.71 bits per heavy atom. The van der Waals surface area contributed by atoms with Crippen molar-refractivity contribution in [1.82, 2.24) is 9.80 Å². The number of carbonyl (C=O) groups excluding carboxylic acids is 2. The summed E-state index contributed by atoms with van der Waals surface area (Å²) in [5, 5.41) is 0. The van der Waals surface area contributed by atoms with Crippen LogP contribution in [-0.2, 0) is 9.59 Å². The van der Waals surface area contributed by atoms with Crippen LogP contribution in [0.25, 0.3) is 0 Å². The van der Waals surface area contributed by atoms with Crippen molar-refractivity contribution >= 4 is 17.5 Å². The summed E-state index contributed by atoms with van der Waals surface area (Å²) in [6.45, 7) is 5.98. The second-order valence-electron chi connectivity index (χ2n) is 8.74. The van der Waals surface area contributed by atoms with Crippen molar-refractivity contribution < 1.29 is 9.59 Å². The fourth-order valence-electron chi connectivity index (χ4n) is 5.09. The first-order valence-electron chi connectivity index (χ1n) is 11.0. The van der Waals surface area contributed by atoms with Gasteiger partial charge in [-0.25, -0.2) is 0 Å². The van der Waals surface area contributed by atoms with Crippen LogP contribution in [0.2, 0.25) is 0 Å². The van der Waals surface area contributed by atoms with Crippen LogP contribution in [-0.4, -0.2) is 60.4 Å². The van der Waals surface area contributed by atoms with Gasteiger partial charge in [0.15, 0.2) is 0 Å². The number of rotatable bonds is 3. The molecule has 2 heterocycles. The van der Waals surface area contributed by atoms with Crippen LogP contribution in [0.4, 0.5) is 5.69 Å². The van der Waals surface area contributed by atoms with E-state index in [1.54, 1.807) is 0 Å². The third-order valence-corrected chi connectivity index (χ3v) is 6.73. The molecule has 3 fully saturated rings. The Morgan fingerprint density at radius 1 is 1.00 bits per heavy atom. The second kappa shape index (κ2) is 8.54. The van der Waals surface area contributed by atoms with E-state index in [1.807, 2.05) is 9.80 Å². The topological polar surface area (TPSA) is 43.9 Å². The third kappa shape index (κ3) is 4.18. The molecule has 5 heteroatoms. The Bertz CT molecular complexity index is 704. The highest BCUT2D eigenvalue weighted by Gasteiger charge is 2.39. The molecule has 152 valence electrons. The molecule has 1 aliphatic carbocycles. The molecule has 2 saturated heterocycles. The van der Waals surface area contributed by atoms with Gasteiger partial charge in [0.25, 0.3) is 0 Å². The van der Waals surface area contributed by atoms with E-state index in [0.29, 0.717) is 19.0 Å². The average molecular weight is 384 g/mol. The first-order chi connectivity index (χ1) is 13.6. The van der Waals surface area contributed by atoms with E-state index in [-0.39, 0.29) is 17.7 Å². The largest absolute Gasteiger partial charge is 0.368 e. The lowest BCUT2D eigenvalue weighted by atomic mass is 10.1. The molecule has 0 aromatic heterocycles. The van der Waals surface area contributed by atoms with Gasteiger partial charge in [-0.15, -0.1) is 0 Å². The van der Waals surface area contributed by atoms with Crippen LogP contribution in [0.1, 0.15) is 50.5 Å². The lowest BCUT2D eigenvalue weighted by Gasteiger charge is -2.37. The summed E-state index contributed by atoms with van der Waals surface area (Å²) >= 11 is 0. The maximum Gasteiger partial charge on any atom is 0.228 e. The van der Waals surface area contributed by atoms with Gasteiger partial charge in [0, 0.05) is 50.9 Å². The predicted octanol–water partition coefficient (Wildman–Crippen LogP) is 3.21. The number of nitrogens with zero attached hydrogens (tertiary/aromatic N) is 3. The quantitative estimate of drug-likeness (QED) is 0.753. The van der Waals surface area contributed by atoms with E-state index >= 15 is 0 Å². The number of aryl methyl sites for hydroxylation is 1. The molecular formula is C23H33N3O2. The molecule has 2 aliphatic heterocycles. The fraction of sp³-hybridized carbons (Fsp3) is 0.652. The van der Waals surface area contributed by atoms with E-state index in [9.17, 15) is 9.59 Å². The Hall–Kier alpha value is -2.04. The molecule has 28 heavy (non-hydrogen) atoms. The number of piperazine rings is 1. The lowest BCUT2D eigenvalue weighted by molar-refractivity contribution is -0.136. The van der Waals surface area contributed by atoms with Crippen LogP contribution in [0, 0.1) is 12.8 Å². The van der Waals surface area contributed by atoms with Crippen LogP contribution in [0.15, 0.2) is 24.3 Å². The SMILES string of the molecule is Cc1cccc(N2CCN(C(=O)C3CC(=O)N(C4CCCCCC4)C3)CC2)c1. The maximum atomic E-state index is 13.1.